The summed E-state index contributed by atoms with van der Waals surface area (Å²) in [6, 6.07) is 20.8. The Morgan fingerprint density at radius 3 is 2.07 bits per heavy atom. The highest BCUT2D eigenvalue weighted by molar-refractivity contribution is 6.23. The smallest absolute Gasteiger partial charge is 0.262 e. The van der Waals surface area contributed by atoms with E-state index in [1.54, 1.807) is 24.3 Å². The largest absolute Gasteiger partial charge is 0.324 e. The van der Waals surface area contributed by atoms with E-state index in [0.29, 0.717) is 16.8 Å². The molecule has 0 aromatic heterocycles. The maximum absolute atomic E-state index is 13.3. The van der Waals surface area contributed by atoms with Crippen molar-refractivity contribution < 1.29 is 14.4 Å². The molecule has 0 spiro atoms. The molecule has 0 bridgehead atoms. The van der Waals surface area contributed by atoms with Gasteiger partial charge in [-0.25, -0.2) is 0 Å². The van der Waals surface area contributed by atoms with Crippen LogP contribution in [0.2, 0.25) is 0 Å². The van der Waals surface area contributed by atoms with Gasteiger partial charge in [-0.15, -0.1) is 0 Å². The van der Waals surface area contributed by atoms with Gasteiger partial charge >= 0.3 is 0 Å². The van der Waals surface area contributed by atoms with Crippen LogP contribution in [0.3, 0.4) is 0 Å². The topological polar surface area (TPSA) is 66.5 Å². The van der Waals surface area contributed by atoms with Gasteiger partial charge < -0.3 is 5.32 Å². The Bertz CT molecular complexity index is 1100. The molecule has 1 aliphatic rings. The fraction of sp³-hybridized carbons (Fsp3) is 0.160. The number of aryl methyl sites for hydroxylation is 2. The van der Waals surface area contributed by atoms with Gasteiger partial charge in [-0.05, 0) is 43.2 Å². The first-order chi connectivity index (χ1) is 14.5. The Labute approximate surface area is 175 Å². The molecule has 1 atom stereocenters. The Balaban J connectivity index is 1.69. The molecule has 150 valence electrons. The predicted octanol–water partition coefficient (Wildman–Crippen LogP) is 4.15. The molecule has 0 unspecified atom stereocenters. The predicted molar refractivity (Wildman–Crippen MR) is 115 cm³/mol. The van der Waals surface area contributed by atoms with E-state index < -0.39 is 17.9 Å². The van der Waals surface area contributed by atoms with Crippen molar-refractivity contribution in [2.24, 2.45) is 0 Å². The maximum Gasteiger partial charge on any atom is 0.262 e. The van der Waals surface area contributed by atoms with Gasteiger partial charge in [0.25, 0.3) is 11.8 Å². The number of nitrogens with one attached hydrogen (secondary N) is 1. The second-order valence-electron chi connectivity index (χ2n) is 7.54. The summed E-state index contributed by atoms with van der Waals surface area (Å²) in [4.78, 5) is 40.5. The monoisotopic (exact) mass is 398 g/mol. The average Bonchev–Trinajstić information content (AvgIpc) is 3.00. The van der Waals surface area contributed by atoms with Crippen molar-refractivity contribution in [3.63, 3.8) is 0 Å². The molecule has 0 saturated carbocycles. The normalized spacial score (nSPS) is 13.9. The number of carbonyl (C=O) groups is 3. The van der Waals surface area contributed by atoms with Gasteiger partial charge in [0.05, 0.1) is 11.1 Å². The van der Waals surface area contributed by atoms with Gasteiger partial charge in [-0.3, -0.25) is 19.3 Å². The standard InChI is InChI=1S/C25H22N2O3/c1-16-12-13-21(17(2)14-16)26-23(28)22(15-18-8-4-3-5-9-18)27-24(29)19-10-6-7-11-20(19)25(27)30/h3-14,22H,15H2,1-2H3,(H,26,28)/t22-/m1/s1. The Kier molecular flexibility index (Phi) is 5.19. The number of hydrogen-bond donors (Lipinski definition) is 1. The number of fused-ring (bicyclic) bond motifs is 1. The SMILES string of the molecule is Cc1ccc(NC(=O)[C@@H](Cc2ccccc2)N2C(=O)c3ccccc3C2=O)c(C)c1. The maximum atomic E-state index is 13.3. The van der Waals surface area contributed by atoms with Crippen LogP contribution < -0.4 is 5.32 Å². The van der Waals surface area contributed by atoms with E-state index in [1.165, 1.54) is 0 Å². The first-order valence-electron chi connectivity index (χ1n) is 9.84. The zero-order valence-electron chi connectivity index (χ0n) is 16.9. The summed E-state index contributed by atoms with van der Waals surface area (Å²) in [5.74, 6) is -1.26. The molecule has 0 fully saturated rings. The van der Waals surface area contributed by atoms with Crippen molar-refractivity contribution in [2.75, 3.05) is 5.32 Å². The molecule has 3 amide bonds. The van der Waals surface area contributed by atoms with Gasteiger partial charge in [-0.1, -0.05) is 60.2 Å². The van der Waals surface area contributed by atoms with Crippen molar-refractivity contribution in [1.82, 2.24) is 4.90 Å². The first kappa shape index (κ1) is 19.6. The molecule has 1 N–H and O–H groups in total. The van der Waals surface area contributed by atoms with E-state index in [2.05, 4.69) is 5.32 Å². The van der Waals surface area contributed by atoms with Crippen molar-refractivity contribution in [1.29, 1.82) is 0 Å². The van der Waals surface area contributed by atoms with Crippen LogP contribution in [0.1, 0.15) is 37.4 Å². The average molecular weight is 398 g/mol. The summed E-state index contributed by atoms with van der Waals surface area (Å²) in [6.45, 7) is 3.90. The van der Waals surface area contributed by atoms with Crippen LogP contribution in [0.4, 0.5) is 5.69 Å². The zero-order valence-corrected chi connectivity index (χ0v) is 16.9. The third-order valence-electron chi connectivity index (χ3n) is 5.35. The summed E-state index contributed by atoms with van der Waals surface area (Å²) in [6.07, 6.45) is 0.239. The van der Waals surface area contributed by atoms with Crippen LogP contribution in [0.25, 0.3) is 0 Å². The van der Waals surface area contributed by atoms with E-state index >= 15 is 0 Å². The molecular formula is C25H22N2O3. The molecule has 5 heteroatoms. The summed E-state index contributed by atoms with van der Waals surface area (Å²) in [5, 5.41) is 2.92. The molecule has 1 heterocycles. The van der Waals surface area contributed by atoms with E-state index in [1.807, 2.05) is 62.4 Å². The number of benzene rings is 3. The molecule has 30 heavy (non-hydrogen) atoms. The minimum Gasteiger partial charge on any atom is -0.324 e. The lowest BCUT2D eigenvalue weighted by Gasteiger charge is -2.26. The van der Waals surface area contributed by atoms with Gasteiger partial charge in [0.15, 0.2) is 0 Å². The highest BCUT2D eigenvalue weighted by Gasteiger charge is 2.42. The van der Waals surface area contributed by atoms with Gasteiger partial charge in [0.2, 0.25) is 5.91 Å². The van der Waals surface area contributed by atoms with E-state index in [0.717, 1.165) is 21.6 Å². The number of rotatable bonds is 5. The first-order valence-corrected chi connectivity index (χ1v) is 9.84. The number of nitrogens with zero attached hydrogens (tertiary/aromatic N) is 1. The number of imide groups is 1. The minimum atomic E-state index is -0.958. The van der Waals surface area contributed by atoms with Crippen molar-refractivity contribution in [3.05, 3.63) is 101 Å². The zero-order chi connectivity index (χ0) is 21.3. The highest BCUT2D eigenvalue weighted by atomic mass is 16.2. The Hall–Kier alpha value is -3.73. The molecule has 1 aliphatic heterocycles. The third-order valence-corrected chi connectivity index (χ3v) is 5.35. The minimum absolute atomic E-state index is 0.239. The van der Waals surface area contributed by atoms with Crippen LogP contribution in [-0.2, 0) is 11.2 Å². The lowest BCUT2D eigenvalue weighted by atomic mass is 10.0. The molecule has 0 saturated heterocycles. The van der Waals surface area contributed by atoms with Crippen LogP contribution in [0.15, 0.2) is 72.8 Å². The van der Waals surface area contributed by atoms with Crippen molar-refractivity contribution in [2.45, 2.75) is 26.3 Å². The van der Waals surface area contributed by atoms with E-state index in [-0.39, 0.29) is 12.3 Å². The van der Waals surface area contributed by atoms with E-state index in [9.17, 15) is 14.4 Å². The number of hydrogen-bond acceptors (Lipinski definition) is 3. The molecule has 5 nitrogen and oxygen atoms in total. The van der Waals surface area contributed by atoms with Crippen LogP contribution in [0.5, 0.6) is 0 Å². The molecule has 3 aromatic carbocycles. The van der Waals surface area contributed by atoms with Crippen molar-refractivity contribution >= 4 is 23.4 Å². The molecule has 0 aliphatic carbocycles. The summed E-state index contributed by atoms with van der Waals surface area (Å²) in [5.41, 5.74) is 4.21. The summed E-state index contributed by atoms with van der Waals surface area (Å²) in [7, 11) is 0. The molecular weight excluding hydrogens is 376 g/mol. The van der Waals surface area contributed by atoms with Crippen molar-refractivity contribution in [3.8, 4) is 0 Å². The quantitative estimate of drug-likeness (QED) is 0.657. The highest BCUT2D eigenvalue weighted by Crippen LogP contribution is 2.27. The van der Waals surface area contributed by atoms with E-state index in [4.69, 9.17) is 0 Å². The van der Waals surface area contributed by atoms with Crippen LogP contribution in [-0.4, -0.2) is 28.7 Å². The molecule has 4 rings (SSSR count). The second kappa shape index (κ2) is 7.95. The van der Waals surface area contributed by atoms with Crippen LogP contribution >= 0.6 is 0 Å². The Morgan fingerprint density at radius 1 is 0.867 bits per heavy atom. The number of anilines is 1. The Morgan fingerprint density at radius 2 is 1.47 bits per heavy atom. The lowest BCUT2D eigenvalue weighted by Crippen LogP contribution is -2.48. The van der Waals surface area contributed by atoms with Gasteiger partial charge in [-0.2, -0.15) is 0 Å². The fourth-order valence-electron chi connectivity index (χ4n) is 3.80. The third kappa shape index (κ3) is 3.62. The van der Waals surface area contributed by atoms with Gasteiger partial charge in [0, 0.05) is 12.1 Å². The summed E-state index contributed by atoms with van der Waals surface area (Å²) >= 11 is 0. The molecule has 0 radical (unpaired) electrons. The molecule has 3 aromatic rings. The number of amides is 3. The fourth-order valence-corrected chi connectivity index (χ4v) is 3.80. The van der Waals surface area contributed by atoms with Crippen LogP contribution in [0, 0.1) is 13.8 Å². The summed E-state index contributed by atoms with van der Waals surface area (Å²) < 4.78 is 0. The van der Waals surface area contributed by atoms with Gasteiger partial charge in [0.1, 0.15) is 6.04 Å². The number of carbonyl (C=O) groups excluding carboxylic acids is 3. The lowest BCUT2D eigenvalue weighted by molar-refractivity contribution is -0.119. The second-order valence-corrected chi connectivity index (χ2v) is 7.54.